The molecule has 3 aromatic rings. The quantitative estimate of drug-likeness (QED) is 0.752. The molecule has 0 saturated heterocycles. The molecule has 4 rings (SSSR count). The van der Waals surface area contributed by atoms with Gasteiger partial charge in [-0.2, -0.15) is 0 Å². The van der Waals surface area contributed by atoms with Crippen molar-refractivity contribution < 1.29 is 14.0 Å². The third kappa shape index (κ3) is 2.00. The lowest BCUT2D eigenvalue weighted by molar-refractivity contribution is 0.129. The number of halogens is 1. The number of nitrogens with zero attached hydrogens (tertiary/aromatic N) is 2. The summed E-state index contributed by atoms with van der Waals surface area (Å²) in [6.45, 7) is 0. The van der Waals surface area contributed by atoms with Gasteiger partial charge in [0, 0.05) is 29.5 Å². The van der Waals surface area contributed by atoms with Crippen LogP contribution in [0, 0.1) is 5.82 Å². The smallest absolute Gasteiger partial charge is 0.125 e. The summed E-state index contributed by atoms with van der Waals surface area (Å²) in [4.78, 5) is 6.76. The average Bonchev–Trinajstić information content (AvgIpc) is 3.07. The summed E-state index contributed by atoms with van der Waals surface area (Å²) in [5, 5.41) is 4.54. The normalized spacial score (nSPS) is 15.2. The molecular formula is C18H16FN3O2. The van der Waals surface area contributed by atoms with E-state index >= 15 is 0 Å². The first-order valence-electron chi connectivity index (χ1n) is 7.50. The van der Waals surface area contributed by atoms with Gasteiger partial charge in [-0.25, -0.2) is 4.39 Å². The molecule has 2 aromatic carbocycles. The number of rotatable bonds is 3. The second-order valence-corrected chi connectivity index (χ2v) is 5.64. The number of fused-ring (bicyclic) bond motifs is 3. The van der Waals surface area contributed by atoms with Crippen LogP contribution in [-0.4, -0.2) is 24.2 Å². The van der Waals surface area contributed by atoms with E-state index in [1.807, 2.05) is 24.3 Å². The minimum Gasteiger partial charge on any atom is -0.399 e. The lowest BCUT2D eigenvalue weighted by Crippen LogP contribution is -2.12. The number of nitrogen functional groups attached to an aromatic ring is 1. The number of ether oxygens (including phenoxy) is 1. The van der Waals surface area contributed by atoms with Crippen LogP contribution in [0.2, 0.25) is 0 Å². The number of aromatic nitrogens is 2. The third-order valence-electron chi connectivity index (χ3n) is 4.26. The molecule has 0 bridgehead atoms. The molecule has 0 amide bonds. The van der Waals surface area contributed by atoms with Gasteiger partial charge < -0.3 is 15.3 Å². The molecule has 24 heavy (non-hydrogen) atoms. The zero-order chi connectivity index (χ0) is 16.8. The first kappa shape index (κ1) is 14.7. The van der Waals surface area contributed by atoms with Crippen LogP contribution in [0.25, 0.3) is 22.5 Å². The molecule has 0 radical (unpaired) electrons. The van der Waals surface area contributed by atoms with Crippen LogP contribution >= 0.6 is 0 Å². The number of hydrogen-bond acceptors (Lipinski definition) is 4. The Morgan fingerprint density at radius 3 is 2.67 bits per heavy atom. The Hall–Kier alpha value is -2.86. The van der Waals surface area contributed by atoms with Gasteiger partial charge in [0.2, 0.25) is 0 Å². The van der Waals surface area contributed by atoms with Crippen LogP contribution in [-0.2, 0) is 4.74 Å². The van der Waals surface area contributed by atoms with Gasteiger partial charge >= 0.3 is 0 Å². The van der Waals surface area contributed by atoms with Gasteiger partial charge in [-0.05, 0) is 23.8 Å². The van der Waals surface area contributed by atoms with Crippen molar-refractivity contribution in [3.63, 3.8) is 0 Å². The van der Waals surface area contributed by atoms with Crippen LogP contribution in [0.3, 0.4) is 0 Å². The molecule has 0 aliphatic heterocycles. The van der Waals surface area contributed by atoms with Crippen LogP contribution < -0.4 is 10.6 Å². The minimum atomic E-state index is -0.410. The molecule has 0 saturated carbocycles. The van der Waals surface area contributed by atoms with E-state index in [4.69, 9.17) is 15.3 Å². The fourth-order valence-electron chi connectivity index (χ4n) is 3.35. The SMILES string of the molecule is COC1c2ccccc2-c2nn(OC)c(-c3cc(N)cc(F)c3)c21. The summed E-state index contributed by atoms with van der Waals surface area (Å²) in [6.07, 6.45) is -0.292. The van der Waals surface area contributed by atoms with Crippen molar-refractivity contribution in [1.29, 1.82) is 0 Å². The van der Waals surface area contributed by atoms with E-state index in [1.165, 1.54) is 24.1 Å². The second-order valence-electron chi connectivity index (χ2n) is 5.64. The Kier molecular flexibility index (Phi) is 3.28. The number of anilines is 1. The van der Waals surface area contributed by atoms with E-state index in [0.717, 1.165) is 22.4 Å². The Morgan fingerprint density at radius 1 is 1.17 bits per heavy atom. The molecular weight excluding hydrogens is 309 g/mol. The maximum atomic E-state index is 13.9. The van der Waals surface area contributed by atoms with Gasteiger partial charge in [0.1, 0.15) is 30.4 Å². The summed E-state index contributed by atoms with van der Waals surface area (Å²) in [5.41, 5.74) is 11.0. The summed E-state index contributed by atoms with van der Waals surface area (Å²) < 4.78 is 19.6. The van der Waals surface area contributed by atoms with E-state index in [0.29, 0.717) is 16.9 Å². The van der Waals surface area contributed by atoms with Crippen molar-refractivity contribution in [2.24, 2.45) is 0 Å². The number of hydrogen-bond donors (Lipinski definition) is 1. The van der Waals surface area contributed by atoms with Crippen molar-refractivity contribution in [1.82, 2.24) is 9.94 Å². The van der Waals surface area contributed by atoms with E-state index in [1.54, 1.807) is 13.2 Å². The molecule has 1 aliphatic carbocycles. The summed E-state index contributed by atoms with van der Waals surface area (Å²) >= 11 is 0. The number of benzene rings is 2. The zero-order valence-electron chi connectivity index (χ0n) is 13.3. The van der Waals surface area contributed by atoms with E-state index in [2.05, 4.69) is 5.10 Å². The molecule has 1 atom stereocenters. The van der Waals surface area contributed by atoms with Crippen LogP contribution in [0.1, 0.15) is 17.2 Å². The summed E-state index contributed by atoms with van der Waals surface area (Å²) in [7, 11) is 3.16. The first-order valence-corrected chi connectivity index (χ1v) is 7.50. The predicted octanol–water partition coefficient (Wildman–Crippen LogP) is 3.05. The number of nitrogens with two attached hydrogens (primary N) is 1. The standard InChI is InChI=1S/C18H16FN3O2/c1-23-18-14-6-4-3-5-13(14)16-15(18)17(22(21-16)24-2)10-7-11(19)9-12(20)8-10/h3-9,18H,20H2,1-2H3. The van der Waals surface area contributed by atoms with E-state index in [9.17, 15) is 4.39 Å². The highest BCUT2D eigenvalue weighted by atomic mass is 19.1. The molecule has 5 nitrogen and oxygen atoms in total. The average molecular weight is 325 g/mol. The van der Waals surface area contributed by atoms with Crippen LogP contribution in [0.5, 0.6) is 0 Å². The highest BCUT2D eigenvalue weighted by Gasteiger charge is 2.36. The lowest BCUT2D eigenvalue weighted by Gasteiger charge is -2.15. The Morgan fingerprint density at radius 2 is 1.96 bits per heavy atom. The van der Waals surface area contributed by atoms with Crippen molar-refractivity contribution >= 4 is 5.69 Å². The van der Waals surface area contributed by atoms with E-state index < -0.39 is 5.82 Å². The van der Waals surface area contributed by atoms with Crippen molar-refractivity contribution in [2.75, 3.05) is 20.0 Å². The van der Waals surface area contributed by atoms with Crippen molar-refractivity contribution in [2.45, 2.75) is 6.10 Å². The molecule has 6 heteroatoms. The Labute approximate surface area is 138 Å². The van der Waals surface area contributed by atoms with Gasteiger partial charge in [0.25, 0.3) is 0 Å². The number of methoxy groups -OCH3 is 1. The van der Waals surface area contributed by atoms with Crippen molar-refractivity contribution in [3.8, 4) is 22.5 Å². The molecule has 1 unspecified atom stereocenters. The summed E-state index contributed by atoms with van der Waals surface area (Å²) in [6, 6.07) is 12.3. The molecule has 122 valence electrons. The lowest BCUT2D eigenvalue weighted by atomic mass is 10.0. The maximum Gasteiger partial charge on any atom is 0.125 e. The van der Waals surface area contributed by atoms with Gasteiger partial charge in [0.05, 0.1) is 0 Å². The van der Waals surface area contributed by atoms with Crippen LogP contribution in [0.15, 0.2) is 42.5 Å². The highest BCUT2D eigenvalue weighted by molar-refractivity contribution is 5.83. The largest absolute Gasteiger partial charge is 0.399 e. The molecule has 1 aromatic heterocycles. The molecule has 0 fully saturated rings. The van der Waals surface area contributed by atoms with Gasteiger partial charge in [0.15, 0.2) is 0 Å². The minimum absolute atomic E-state index is 0.292. The molecule has 1 heterocycles. The fraction of sp³-hybridized carbons (Fsp3) is 0.167. The summed E-state index contributed by atoms with van der Waals surface area (Å²) in [5.74, 6) is -0.410. The molecule has 2 N–H and O–H groups in total. The monoisotopic (exact) mass is 325 g/mol. The van der Waals surface area contributed by atoms with E-state index in [-0.39, 0.29) is 6.10 Å². The van der Waals surface area contributed by atoms with Crippen molar-refractivity contribution in [3.05, 3.63) is 59.4 Å². The maximum absolute atomic E-state index is 13.9. The zero-order valence-corrected chi connectivity index (χ0v) is 13.3. The molecule has 1 aliphatic rings. The second kappa shape index (κ2) is 5.35. The van der Waals surface area contributed by atoms with Gasteiger partial charge in [-0.1, -0.05) is 29.1 Å². The third-order valence-corrected chi connectivity index (χ3v) is 4.26. The highest BCUT2D eigenvalue weighted by Crippen LogP contribution is 2.48. The molecule has 0 spiro atoms. The Bertz CT molecular complexity index is 916. The van der Waals surface area contributed by atoms with Crippen LogP contribution in [0.4, 0.5) is 10.1 Å². The van der Waals surface area contributed by atoms with Gasteiger partial charge in [-0.15, -0.1) is 5.10 Å². The first-order chi connectivity index (χ1) is 11.6. The van der Waals surface area contributed by atoms with Gasteiger partial charge in [-0.3, -0.25) is 0 Å². The predicted molar refractivity (Wildman–Crippen MR) is 88.8 cm³/mol. The fourth-order valence-corrected chi connectivity index (χ4v) is 3.35. The Balaban J connectivity index is 2.02. The topological polar surface area (TPSA) is 62.3 Å².